The molecule has 1 nitrogen and oxygen atoms in total. The molecule has 0 radical (unpaired) electrons. The summed E-state index contributed by atoms with van der Waals surface area (Å²) in [6.07, 6.45) is 1.29. The second kappa shape index (κ2) is 6.26. The molecule has 9 heavy (non-hydrogen) atoms. The molecule has 0 bridgehead atoms. The number of hydrogen-bond donors (Lipinski definition) is 0. The molecule has 0 amide bonds. The fourth-order valence-corrected chi connectivity index (χ4v) is 0.302. The quantitative estimate of drug-likeness (QED) is 0.232. The molecular formula is C5H3ClFMgN. The van der Waals surface area contributed by atoms with Crippen molar-refractivity contribution in [2.75, 3.05) is 0 Å². The van der Waals surface area contributed by atoms with Gasteiger partial charge in [0.1, 0.15) is 5.95 Å². The normalized spacial score (nSPS) is 6.78. The molecule has 0 aliphatic rings. The van der Waals surface area contributed by atoms with Crippen molar-refractivity contribution in [3.63, 3.8) is 0 Å². The Bertz CT molecular complexity index is 147. The Morgan fingerprint density at radius 1 is 1.56 bits per heavy atom. The van der Waals surface area contributed by atoms with Crippen molar-refractivity contribution in [1.82, 2.24) is 4.98 Å². The van der Waals surface area contributed by atoms with E-state index in [9.17, 15) is 4.39 Å². The Balaban J connectivity index is 0. The first-order valence-corrected chi connectivity index (χ1v) is 1.87. The summed E-state index contributed by atoms with van der Waals surface area (Å²) in [5.41, 5.74) is 0. The molecule has 0 aromatic carbocycles. The summed E-state index contributed by atoms with van der Waals surface area (Å²) in [4.78, 5) is 3.26. The van der Waals surface area contributed by atoms with E-state index in [0.717, 1.165) is 0 Å². The van der Waals surface area contributed by atoms with Crippen molar-refractivity contribution >= 4 is 23.1 Å². The van der Waals surface area contributed by atoms with Crippen LogP contribution in [0.1, 0.15) is 0 Å². The van der Waals surface area contributed by atoms with E-state index in [1.165, 1.54) is 18.3 Å². The summed E-state index contributed by atoms with van der Waals surface area (Å²) in [5, 5.41) is 0. The Kier molecular flexibility index (Phi) is 8.26. The second-order valence-electron chi connectivity index (χ2n) is 1.08. The van der Waals surface area contributed by atoms with E-state index in [-0.39, 0.29) is 35.5 Å². The van der Waals surface area contributed by atoms with Crippen molar-refractivity contribution in [3.05, 3.63) is 30.3 Å². The maximum atomic E-state index is 11.8. The van der Waals surface area contributed by atoms with Gasteiger partial charge in [0.15, 0.2) is 0 Å². The summed E-state index contributed by atoms with van der Waals surface area (Å²) in [6.45, 7) is 0. The molecule has 1 heterocycles. The van der Waals surface area contributed by atoms with Crippen LogP contribution in [0.25, 0.3) is 0 Å². The topological polar surface area (TPSA) is 12.9 Å². The molecular weight excluding hydrogens is 153 g/mol. The van der Waals surface area contributed by atoms with Crippen LogP contribution in [0.2, 0.25) is 0 Å². The van der Waals surface area contributed by atoms with E-state index in [1.807, 2.05) is 0 Å². The molecule has 0 aliphatic heterocycles. The summed E-state index contributed by atoms with van der Waals surface area (Å²) in [5.74, 6) is -0.459. The molecule has 0 aliphatic carbocycles. The molecule has 1 aromatic heterocycles. The molecule has 4 heteroatoms. The minimum absolute atomic E-state index is 0. The Morgan fingerprint density at radius 2 is 2.22 bits per heavy atom. The zero-order valence-electron chi connectivity index (χ0n) is 4.64. The third kappa shape index (κ3) is 4.63. The van der Waals surface area contributed by atoms with Crippen molar-refractivity contribution in [1.29, 1.82) is 0 Å². The van der Waals surface area contributed by atoms with Gasteiger partial charge in [0, 0.05) is 0 Å². The van der Waals surface area contributed by atoms with E-state index < -0.39 is 5.95 Å². The largest absolute Gasteiger partial charge is 2.00 e. The number of aromatic nitrogens is 1. The number of rotatable bonds is 0. The van der Waals surface area contributed by atoms with Gasteiger partial charge in [-0.3, -0.25) is 4.98 Å². The van der Waals surface area contributed by atoms with Gasteiger partial charge in [-0.15, -0.1) is 0 Å². The van der Waals surface area contributed by atoms with Gasteiger partial charge in [-0.25, -0.2) is 16.5 Å². The van der Waals surface area contributed by atoms with Gasteiger partial charge < -0.3 is 12.4 Å². The van der Waals surface area contributed by atoms with E-state index in [2.05, 4.69) is 11.1 Å². The third-order valence-corrected chi connectivity index (χ3v) is 0.580. The van der Waals surface area contributed by atoms with Gasteiger partial charge in [0.2, 0.25) is 0 Å². The molecule has 0 N–H and O–H groups in total. The molecule has 0 atom stereocenters. The number of hydrogen-bond acceptors (Lipinski definition) is 1. The molecule has 1 rings (SSSR count). The first-order chi connectivity index (χ1) is 3.39. The molecule has 0 saturated heterocycles. The summed E-state index contributed by atoms with van der Waals surface area (Å²) < 4.78 is 11.8. The molecule has 0 saturated carbocycles. The third-order valence-electron chi connectivity index (χ3n) is 0.580. The van der Waals surface area contributed by atoms with Crippen LogP contribution in [0.15, 0.2) is 18.3 Å². The van der Waals surface area contributed by atoms with Gasteiger partial charge in [0.25, 0.3) is 0 Å². The van der Waals surface area contributed by atoms with Gasteiger partial charge in [-0.2, -0.15) is 6.07 Å². The van der Waals surface area contributed by atoms with Gasteiger partial charge in [0.05, 0.1) is 0 Å². The minimum Gasteiger partial charge on any atom is -1.00 e. The van der Waals surface area contributed by atoms with Crippen LogP contribution in [-0.4, -0.2) is 28.0 Å². The molecule has 0 fully saturated rings. The van der Waals surface area contributed by atoms with Gasteiger partial charge in [-0.05, 0) is 0 Å². The smallest absolute Gasteiger partial charge is 1.00 e. The van der Waals surface area contributed by atoms with Crippen molar-refractivity contribution in [2.45, 2.75) is 0 Å². The average Bonchev–Trinajstić information content (AvgIpc) is 1.69. The first kappa shape index (κ1) is 11.9. The fraction of sp³-hybridized carbons (Fsp3) is 0. The van der Waals surface area contributed by atoms with Gasteiger partial charge in [-0.1, -0.05) is 6.20 Å². The Morgan fingerprint density at radius 3 is 2.44 bits per heavy atom. The van der Waals surface area contributed by atoms with Crippen LogP contribution >= 0.6 is 0 Å². The molecule has 44 valence electrons. The van der Waals surface area contributed by atoms with Crippen LogP contribution in [-0.2, 0) is 0 Å². The average molecular weight is 156 g/mol. The SMILES string of the molecule is Fc1cc[c-]cn1.[Cl-].[Mg+2]. The van der Waals surface area contributed by atoms with Crippen molar-refractivity contribution in [3.8, 4) is 0 Å². The summed E-state index contributed by atoms with van der Waals surface area (Å²) in [6, 6.07) is 5.31. The summed E-state index contributed by atoms with van der Waals surface area (Å²) in [7, 11) is 0. The van der Waals surface area contributed by atoms with Crippen LogP contribution in [0.4, 0.5) is 4.39 Å². The number of pyridine rings is 1. The predicted octanol–water partition coefficient (Wildman–Crippen LogP) is -2.36. The Hall–Kier alpha value is 0.136. The first-order valence-electron chi connectivity index (χ1n) is 1.87. The molecule has 0 spiro atoms. The Labute approximate surface area is 75.2 Å². The van der Waals surface area contributed by atoms with Crippen LogP contribution in [0, 0.1) is 12.0 Å². The van der Waals surface area contributed by atoms with Crippen LogP contribution in [0.3, 0.4) is 0 Å². The van der Waals surface area contributed by atoms with Crippen molar-refractivity contribution in [2.24, 2.45) is 0 Å². The predicted molar refractivity (Wildman–Crippen MR) is 28.8 cm³/mol. The van der Waals surface area contributed by atoms with E-state index in [4.69, 9.17) is 0 Å². The monoisotopic (exact) mass is 155 g/mol. The zero-order valence-corrected chi connectivity index (χ0v) is 6.81. The van der Waals surface area contributed by atoms with Gasteiger partial charge >= 0.3 is 23.1 Å². The van der Waals surface area contributed by atoms with Crippen LogP contribution in [0.5, 0.6) is 0 Å². The number of halogens is 2. The van der Waals surface area contributed by atoms with Crippen molar-refractivity contribution < 1.29 is 16.8 Å². The van der Waals surface area contributed by atoms with E-state index >= 15 is 0 Å². The second-order valence-corrected chi connectivity index (χ2v) is 1.08. The maximum absolute atomic E-state index is 11.8. The van der Waals surface area contributed by atoms with Crippen LogP contribution < -0.4 is 12.4 Å². The van der Waals surface area contributed by atoms with E-state index in [0.29, 0.717) is 0 Å². The van der Waals surface area contributed by atoms with E-state index in [1.54, 1.807) is 0 Å². The standard InChI is InChI=1S/C5H3FN.ClH.Mg/c6-5-3-1-2-4-7-5;;/h1,3-4H;1H;/q-1;;+2/p-1. The summed E-state index contributed by atoms with van der Waals surface area (Å²) >= 11 is 0. The fourth-order valence-electron chi connectivity index (χ4n) is 0.302. The maximum Gasteiger partial charge on any atom is 2.00 e. The zero-order chi connectivity index (χ0) is 5.11. The number of nitrogens with zero attached hydrogens (tertiary/aromatic N) is 1. The molecule has 1 aromatic rings. The minimum atomic E-state index is -0.459. The molecule has 0 unspecified atom stereocenters.